The third kappa shape index (κ3) is 5.32. The number of rotatable bonds is 6. The molecular weight excluding hydrogens is 353 g/mol. The molecule has 0 aromatic heterocycles. The average Bonchev–Trinajstić information content (AvgIpc) is 2.27. The molecule has 1 atom stereocenters. The second kappa shape index (κ2) is 6.80. The van der Waals surface area contributed by atoms with Crippen molar-refractivity contribution in [3.05, 3.63) is 32.3 Å². The Kier molecular flexibility index (Phi) is 5.88. The molecule has 0 amide bonds. The van der Waals surface area contributed by atoms with Gasteiger partial charge in [0.15, 0.2) is 5.75 Å². The van der Waals surface area contributed by atoms with E-state index in [1.54, 1.807) is 6.92 Å². The monoisotopic (exact) mass is 361 g/mol. The van der Waals surface area contributed by atoms with Crippen LogP contribution in [0.2, 0.25) is 10.0 Å². The van der Waals surface area contributed by atoms with Crippen molar-refractivity contribution in [2.45, 2.75) is 6.92 Å². The number of nitrogens with zero attached hydrogens (tertiary/aromatic N) is 1. The molecule has 112 valence electrons. The van der Waals surface area contributed by atoms with Gasteiger partial charge in [0.1, 0.15) is 0 Å². The van der Waals surface area contributed by atoms with Crippen molar-refractivity contribution in [2.75, 3.05) is 12.4 Å². The molecule has 0 aliphatic heterocycles. The molecule has 0 bridgehead atoms. The highest BCUT2D eigenvalue weighted by Gasteiger charge is 2.20. The number of nitro benzene ring substituents is 1. The molecule has 6 nitrogen and oxygen atoms in total. The van der Waals surface area contributed by atoms with E-state index in [9.17, 15) is 18.5 Å². The molecule has 0 saturated heterocycles. The molecule has 0 radical (unpaired) electrons. The van der Waals surface area contributed by atoms with Crippen LogP contribution in [0.4, 0.5) is 5.69 Å². The molecule has 0 heterocycles. The van der Waals surface area contributed by atoms with Gasteiger partial charge in [0.05, 0.1) is 27.3 Å². The van der Waals surface area contributed by atoms with E-state index in [1.807, 2.05) is 0 Å². The number of nitro groups is 1. The van der Waals surface area contributed by atoms with Crippen molar-refractivity contribution >= 4 is 48.6 Å². The van der Waals surface area contributed by atoms with E-state index in [0.29, 0.717) is 0 Å². The fourth-order valence-corrected chi connectivity index (χ4v) is 3.13. The Balaban J connectivity index is 2.87. The first-order valence-electron chi connectivity index (χ1n) is 5.28. The Morgan fingerprint density at radius 1 is 1.35 bits per heavy atom. The predicted molar refractivity (Wildman–Crippen MR) is 77.4 cm³/mol. The van der Waals surface area contributed by atoms with Crippen LogP contribution >= 0.6 is 33.9 Å². The summed E-state index contributed by atoms with van der Waals surface area (Å²) in [5.74, 6) is -0.821. The quantitative estimate of drug-likeness (QED) is 0.439. The summed E-state index contributed by atoms with van der Waals surface area (Å²) < 4.78 is 27.0. The minimum Gasteiger partial charge on any atom is -0.486 e. The lowest BCUT2D eigenvalue weighted by Gasteiger charge is -2.12. The van der Waals surface area contributed by atoms with Crippen molar-refractivity contribution in [3.8, 4) is 5.75 Å². The highest BCUT2D eigenvalue weighted by molar-refractivity contribution is 8.13. The van der Waals surface area contributed by atoms with Crippen molar-refractivity contribution in [2.24, 2.45) is 5.92 Å². The van der Waals surface area contributed by atoms with Gasteiger partial charge in [0.25, 0.3) is 0 Å². The maximum absolute atomic E-state index is 10.9. The van der Waals surface area contributed by atoms with Crippen LogP contribution in [0.5, 0.6) is 5.75 Å². The van der Waals surface area contributed by atoms with Crippen molar-refractivity contribution in [1.82, 2.24) is 0 Å². The summed E-state index contributed by atoms with van der Waals surface area (Å²) in [6.07, 6.45) is 0. The molecule has 1 rings (SSSR count). The fraction of sp³-hybridized carbons (Fsp3) is 0.400. The smallest absolute Gasteiger partial charge is 0.312 e. The Hall–Kier alpha value is -0.760. The van der Waals surface area contributed by atoms with E-state index in [0.717, 1.165) is 6.07 Å². The standard InChI is InChI=1S/C10H10Cl3NO5S/c1-6(5-20(13,17)18)4-19-10-3-8(12)7(11)2-9(10)14(15)16/h2-3,6H,4-5H2,1H3. The van der Waals surface area contributed by atoms with Gasteiger partial charge in [-0.15, -0.1) is 0 Å². The van der Waals surface area contributed by atoms with Gasteiger partial charge < -0.3 is 4.74 Å². The molecule has 20 heavy (non-hydrogen) atoms. The van der Waals surface area contributed by atoms with Crippen LogP contribution in [0.1, 0.15) is 6.92 Å². The molecule has 10 heteroatoms. The first-order chi connectivity index (χ1) is 9.10. The van der Waals surface area contributed by atoms with Gasteiger partial charge in [-0.1, -0.05) is 30.1 Å². The topological polar surface area (TPSA) is 86.5 Å². The lowest BCUT2D eigenvalue weighted by atomic mass is 10.2. The maximum Gasteiger partial charge on any atom is 0.312 e. The Labute approximate surface area is 130 Å². The minimum atomic E-state index is -3.66. The Morgan fingerprint density at radius 2 is 1.90 bits per heavy atom. The summed E-state index contributed by atoms with van der Waals surface area (Å²) in [5.41, 5.74) is -0.347. The van der Waals surface area contributed by atoms with Gasteiger partial charge in [0.2, 0.25) is 9.05 Å². The average molecular weight is 363 g/mol. The van der Waals surface area contributed by atoms with E-state index >= 15 is 0 Å². The lowest BCUT2D eigenvalue weighted by Crippen LogP contribution is -2.16. The Morgan fingerprint density at radius 3 is 2.40 bits per heavy atom. The normalized spacial score (nSPS) is 13.0. The minimum absolute atomic E-state index is 0.0297. The van der Waals surface area contributed by atoms with Gasteiger partial charge in [-0.3, -0.25) is 10.1 Å². The summed E-state index contributed by atoms with van der Waals surface area (Å²) in [7, 11) is 1.45. The largest absolute Gasteiger partial charge is 0.486 e. The van der Waals surface area contributed by atoms with Gasteiger partial charge in [-0.05, 0) is 0 Å². The van der Waals surface area contributed by atoms with E-state index in [-0.39, 0.29) is 33.8 Å². The van der Waals surface area contributed by atoms with Gasteiger partial charge in [-0.2, -0.15) is 0 Å². The van der Waals surface area contributed by atoms with Crippen LogP contribution in [0.3, 0.4) is 0 Å². The molecule has 0 aliphatic rings. The molecular formula is C10H10Cl3NO5S. The zero-order valence-electron chi connectivity index (χ0n) is 10.2. The predicted octanol–water partition coefficient (Wildman–Crippen LogP) is 3.49. The fourth-order valence-electron chi connectivity index (χ4n) is 1.40. The maximum atomic E-state index is 10.9. The summed E-state index contributed by atoms with van der Waals surface area (Å²) in [4.78, 5) is 10.2. The molecule has 0 N–H and O–H groups in total. The van der Waals surface area contributed by atoms with Gasteiger partial charge in [0, 0.05) is 28.7 Å². The summed E-state index contributed by atoms with van der Waals surface area (Å²) in [6, 6.07) is 2.28. The first-order valence-corrected chi connectivity index (χ1v) is 8.52. The van der Waals surface area contributed by atoms with Gasteiger partial charge in [-0.25, -0.2) is 8.42 Å². The van der Waals surface area contributed by atoms with E-state index in [1.165, 1.54) is 6.07 Å². The van der Waals surface area contributed by atoms with Gasteiger partial charge >= 0.3 is 5.69 Å². The molecule has 1 aromatic carbocycles. The summed E-state index contributed by atoms with van der Waals surface area (Å²) >= 11 is 11.5. The lowest BCUT2D eigenvalue weighted by molar-refractivity contribution is -0.385. The Bertz CT molecular complexity index is 620. The third-order valence-electron chi connectivity index (χ3n) is 2.21. The number of ether oxygens (including phenoxy) is 1. The highest BCUT2D eigenvalue weighted by Crippen LogP contribution is 2.35. The van der Waals surface area contributed by atoms with E-state index < -0.39 is 19.9 Å². The zero-order valence-corrected chi connectivity index (χ0v) is 13.3. The summed E-state index contributed by atoms with van der Waals surface area (Å²) in [5, 5.41) is 11.0. The molecule has 1 aromatic rings. The molecule has 1 unspecified atom stereocenters. The zero-order chi connectivity index (χ0) is 15.5. The van der Waals surface area contributed by atoms with Crippen LogP contribution < -0.4 is 4.74 Å². The van der Waals surface area contributed by atoms with Crippen molar-refractivity contribution in [3.63, 3.8) is 0 Å². The van der Waals surface area contributed by atoms with Crippen LogP contribution in [0.25, 0.3) is 0 Å². The van der Waals surface area contributed by atoms with E-state index in [2.05, 4.69) is 0 Å². The highest BCUT2D eigenvalue weighted by atomic mass is 35.7. The second-order valence-corrected chi connectivity index (χ2v) is 7.75. The van der Waals surface area contributed by atoms with E-state index in [4.69, 9.17) is 38.6 Å². The van der Waals surface area contributed by atoms with Crippen molar-refractivity contribution in [1.29, 1.82) is 0 Å². The molecule has 0 aliphatic carbocycles. The number of halogens is 3. The van der Waals surface area contributed by atoms with Crippen LogP contribution in [0.15, 0.2) is 12.1 Å². The van der Waals surface area contributed by atoms with Crippen molar-refractivity contribution < 1.29 is 18.1 Å². The molecule has 0 saturated carbocycles. The van der Waals surface area contributed by atoms with Crippen LogP contribution in [-0.4, -0.2) is 25.7 Å². The molecule has 0 spiro atoms. The second-order valence-electron chi connectivity index (χ2n) is 4.11. The third-order valence-corrected chi connectivity index (χ3v) is 4.27. The van der Waals surface area contributed by atoms with Crippen LogP contribution in [-0.2, 0) is 9.05 Å². The number of benzene rings is 1. The molecule has 0 fully saturated rings. The summed E-state index contributed by atoms with van der Waals surface area (Å²) in [6.45, 7) is 1.52. The number of hydrogen-bond acceptors (Lipinski definition) is 5. The SMILES string of the molecule is CC(COc1cc(Cl)c(Cl)cc1[N+](=O)[O-])CS(=O)(=O)Cl. The first kappa shape index (κ1) is 17.3. The number of hydrogen-bond donors (Lipinski definition) is 0. The van der Waals surface area contributed by atoms with Crippen LogP contribution in [0, 0.1) is 16.0 Å².